The molecular formula is C13H13IN2O5. The maximum atomic E-state index is 11.4. The molecule has 0 saturated carbocycles. The molecule has 0 aliphatic rings. The highest BCUT2D eigenvalue weighted by molar-refractivity contribution is 14.1. The average Bonchev–Trinajstić information content (AvgIpc) is 2.45. The number of unbranched alkanes of at least 4 members (excludes halogenated alkanes) is 1. The predicted molar refractivity (Wildman–Crippen MR) is 81.9 cm³/mol. The third-order valence-corrected chi connectivity index (χ3v) is 3.25. The molecule has 0 spiro atoms. The number of ether oxygens (including phenoxy) is 2. The molecule has 112 valence electrons. The molecule has 0 N–H and O–H groups in total. The van der Waals surface area contributed by atoms with Crippen LogP contribution in [0.4, 0.5) is 5.69 Å². The first kappa shape index (κ1) is 17.2. The normalized spacial score (nSPS) is 9.76. The Kier molecular flexibility index (Phi) is 6.87. The topological polar surface area (TPSA) is 102 Å². The van der Waals surface area contributed by atoms with Gasteiger partial charge in [0.05, 0.1) is 26.7 Å². The van der Waals surface area contributed by atoms with E-state index in [0.717, 1.165) is 18.9 Å². The van der Waals surface area contributed by atoms with E-state index in [9.17, 15) is 14.9 Å². The lowest BCUT2D eigenvalue weighted by Crippen LogP contribution is -2.16. The Bertz CT molecular complexity index is 583. The van der Waals surface area contributed by atoms with Gasteiger partial charge in [-0.05, 0) is 35.1 Å². The molecule has 0 aliphatic carbocycles. The first-order valence-corrected chi connectivity index (χ1v) is 7.24. The number of benzene rings is 1. The first-order valence-electron chi connectivity index (χ1n) is 6.16. The van der Waals surface area contributed by atoms with Crippen molar-refractivity contribution in [3.63, 3.8) is 0 Å². The van der Waals surface area contributed by atoms with Gasteiger partial charge in [-0.1, -0.05) is 13.3 Å². The van der Waals surface area contributed by atoms with E-state index in [1.165, 1.54) is 6.07 Å². The number of nitrogens with zero attached hydrogens (tertiary/aromatic N) is 2. The molecule has 0 amide bonds. The lowest BCUT2D eigenvalue weighted by Gasteiger charge is -2.09. The summed E-state index contributed by atoms with van der Waals surface area (Å²) in [6, 6.07) is 4.39. The molecule has 8 heteroatoms. The highest BCUT2D eigenvalue weighted by atomic mass is 127. The Balaban J connectivity index is 2.81. The Hall–Kier alpha value is -1.89. The van der Waals surface area contributed by atoms with Gasteiger partial charge in [0.25, 0.3) is 0 Å². The summed E-state index contributed by atoms with van der Waals surface area (Å²) in [5, 5.41) is 19.8. The monoisotopic (exact) mass is 404 g/mol. The van der Waals surface area contributed by atoms with Crippen molar-refractivity contribution in [2.24, 2.45) is 0 Å². The summed E-state index contributed by atoms with van der Waals surface area (Å²) in [4.78, 5) is 21.8. The number of nitro benzene ring substituents is 1. The zero-order chi connectivity index (χ0) is 15.8. The summed E-state index contributed by atoms with van der Waals surface area (Å²) in [6.07, 6.45) is 1.65. The van der Waals surface area contributed by atoms with Gasteiger partial charge in [-0.3, -0.25) is 10.1 Å². The highest BCUT2D eigenvalue weighted by Crippen LogP contribution is 2.33. The zero-order valence-corrected chi connectivity index (χ0v) is 13.5. The van der Waals surface area contributed by atoms with E-state index in [0.29, 0.717) is 10.2 Å². The molecule has 0 heterocycles. The SMILES string of the molecule is CCCCOC(=O)COc1c(I)cc(C#N)cc1[N+](=O)[O-]. The van der Waals surface area contributed by atoms with Gasteiger partial charge in [0.1, 0.15) is 0 Å². The molecule has 0 aromatic heterocycles. The first-order chi connectivity index (χ1) is 9.99. The van der Waals surface area contributed by atoms with Crippen LogP contribution < -0.4 is 4.74 Å². The summed E-state index contributed by atoms with van der Waals surface area (Å²) in [6.45, 7) is 1.85. The van der Waals surface area contributed by atoms with Gasteiger partial charge in [-0.15, -0.1) is 0 Å². The summed E-state index contributed by atoms with van der Waals surface area (Å²) in [5.74, 6) is -0.620. The lowest BCUT2D eigenvalue weighted by atomic mass is 10.2. The van der Waals surface area contributed by atoms with E-state index in [1.54, 1.807) is 0 Å². The van der Waals surface area contributed by atoms with Gasteiger partial charge in [0, 0.05) is 6.07 Å². The molecule has 0 saturated heterocycles. The van der Waals surface area contributed by atoms with Crippen LogP contribution in [-0.2, 0) is 9.53 Å². The number of hydrogen-bond donors (Lipinski definition) is 0. The van der Waals surface area contributed by atoms with Crippen molar-refractivity contribution in [3.05, 3.63) is 31.4 Å². The quantitative estimate of drug-likeness (QED) is 0.228. The lowest BCUT2D eigenvalue weighted by molar-refractivity contribution is -0.385. The van der Waals surface area contributed by atoms with E-state index in [1.807, 2.05) is 35.6 Å². The number of carbonyl (C=O) groups is 1. The van der Waals surface area contributed by atoms with Crippen molar-refractivity contribution in [1.29, 1.82) is 5.26 Å². The number of halogens is 1. The second-order valence-electron chi connectivity index (χ2n) is 4.04. The number of rotatable bonds is 7. The molecule has 0 radical (unpaired) electrons. The number of carbonyl (C=O) groups excluding carboxylic acids is 1. The average molecular weight is 404 g/mol. The largest absolute Gasteiger partial charge is 0.474 e. The number of esters is 1. The molecular weight excluding hydrogens is 391 g/mol. The molecule has 1 rings (SSSR count). The summed E-state index contributed by atoms with van der Waals surface area (Å²) in [7, 11) is 0. The van der Waals surface area contributed by atoms with Crippen LogP contribution in [0.15, 0.2) is 12.1 Å². The van der Waals surface area contributed by atoms with Crippen LogP contribution in [0, 0.1) is 25.0 Å². The molecule has 0 bridgehead atoms. The van der Waals surface area contributed by atoms with Crippen LogP contribution in [0.2, 0.25) is 0 Å². The minimum atomic E-state index is -0.652. The van der Waals surface area contributed by atoms with E-state index < -0.39 is 17.5 Å². The molecule has 0 aliphatic heterocycles. The Morgan fingerprint density at radius 1 is 1.52 bits per heavy atom. The highest BCUT2D eigenvalue weighted by Gasteiger charge is 2.21. The fourth-order valence-corrected chi connectivity index (χ4v) is 2.19. The van der Waals surface area contributed by atoms with Crippen molar-refractivity contribution in [2.45, 2.75) is 19.8 Å². The van der Waals surface area contributed by atoms with Crippen molar-refractivity contribution < 1.29 is 19.2 Å². The Morgan fingerprint density at radius 3 is 2.81 bits per heavy atom. The number of nitro groups is 1. The summed E-state index contributed by atoms with van der Waals surface area (Å²) < 4.78 is 10.5. The Labute approximate surface area is 135 Å². The van der Waals surface area contributed by atoms with Crippen LogP contribution >= 0.6 is 22.6 Å². The van der Waals surface area contributed by atoms with E-state index in [4.69, 9.17) is 14.7 Å². The van der Waals surface area contributed by atoms with Gasteiger partial charge >= 0.3 is 11.7 Å². The summed E-state index contributed by atoms with van der Waals surface area (Å²) >= 11 is 1.82. The standard InChI is InChI=1S/C13H13IN2O5/c1-2-3-4-20-12(17)8-21-13-10(14)5-9(7-15)6-11(13)16(18)19/h5-6H,2-4,8H2,1H3. The van der Waals surface area contributed by atoms with Crippen LogP contribution in [0.5, 0.6) is 5.75 Å². The van der Waals surface area contributed by atoms with E-state index in [-0.39, 0.29) is 17.0 Å². The van der Waals surface area contributed by atoms with Crippen molar-refractivity contribution >= 4 is 34.2 Å². The smallest absolute Gasteiger partial charge is 0.344 e. The van der Waals surface area contributed by atoms with Gasteiger partial charge in [0.2, 0.25) is 5.75 Å². The van der Waals surface area contributed by atoms with E-state index in [2.05, 4.69) is 0 Å². The van der Waals surface area contributed by atoms with Crippen LogP contribution in [-0.4, -0.2) is 24.1 Å². The minimum absolute atomic E-state index is 0.0351. The van der Waals surface area contributed by atoms with Crippen molar-refractivity contribution in [1.82, 2.24) is 0 Å². The molecule has 0 fully saturated rings. The molecule has 1 aromatic rings. The molecule has 0 atom stereocenters. The van der Waals surface area contributed by atoms with E-state index >= 15 is 0 Å². The fourth-order valence-electron chi connectivity index (χ4n) is 1.43. The fraction of sp³-hybridized carbons (Fsp3) is 0.385. The van der Waals surface area contributed by atoms with Crippen molar-refractivity contribution in [2.75, 3.05) is 13.2 Å². The second-order valence-corrected chi connectivity index (χ2v) is 5.20. The number of nitriles is 1. The van der Waals surface area contributed by atoms with Crippen LogP contribution in [0.1, 0.15) is 25.3 Å². The van der Waals surface area contributed by atoms with Gasteiger partial charge in [-0.25, -0.2) is 4.79 Å². The summed E-state index contributed by atoms with van der Waals surface area (Å²) in [5.41, 5.74) is -0.191. The van der Waals surface area contributed by atoms with Crippen LogP contribution in [0.3, 0.4) is 0 Å². The third kappa shape index (κ3) is 5.18. The van der Waals surface area contributed by atoms with Crippen LogP contribution in [0.25, 0.3) is 0 Å². The van der Waals surface area contributed by atoms with Gasteiger partial charge in [0.15, 0.2) is 6.61 Å². The van der Waals surface area contributed by atoms with Gasteiger partial charge in [-0.2, -0.15) is 5.26 Å². The molecule has 7 nitrogen and oxygen atoms in total. The predicted octanol–water partition coefficient (Wildman–Crippen LogP) is 2.79. The molecule has 21 heavy (non-hydrogen) atoms. The second kappa shape index (κ2) is 8.41. The zero-order valence-electron chi connectivity index (χ0n) is 11.3. The number of hydrogen-bond acceptors (Lipinski definition) is 6. The minimum Gasteiger partial charge on any atom is -0.474 e. The Morgan fingerprint density at radius 2 is 2.24 bits per heavy atom. The molecule has 1 aromatic carbocycles. The molecule has 0 unspecified atom stereocenters. The maximum Gasteiger partial charge on any atom is 0.344 e. The van der Waals surface area contributed by atoms with Gasteiger partial charge < -0.3 is 9.47 Å². The third-order valence-electron chi connectivity index (χ3n) is 2.45. The maximum absolute atomic E-state index is 11.4. The van der Waals surface area contributed by atoms with Crippen molar-refractivity contribution in [3.8, 4) is 11.8 Å².